The molecule has 0 aliphatic heterocycles. The number of ether oxygens (including phenoxy) is 2. The molecule has 0 heterocycles. The molecule has 0 saturated carbocycles. The van der Waals surface area contributed by atoms with Gasteiger partial charge in [-0.15, -0.1) is 11.8 Å². The fraction of sp³-hybridized carbons (Fsp3) is 0.462. The molecule has 0 spiro atoms. The molecule has 0 radical (unpaired) electrons. The minimum Gasteiger partial charge on any atom is -0.478 e. The largest absolute Gasteiger partial charge is 0.478 e. The van der Waals surface area contributed by atoms with Crippen molar-refractivity contribution in [3.8, 4) is 0 Å². The maximum Gasteiger partial charge on any atom is 0.335 e. The van der Waals surface area contributed by atoms with Gasteiger partial charge in [-0.2, -0.15) is 0 Å². The van der Waals surface area contributed by atoms with E-state index in [1.54, 1.807) is 37.1 Å². The van der Waals surface area contributed by atoms with Gasteiger partial charge >= 0.3 is 5.97 Å². The Balaban J connectivity index is 2.19. The highest BCUT2D eigenvalue weighted by Crippen LogP contribution is 2.19. The van der Waals surface area contributed by atoms with Gasteiger partial charge in [0, 0.05) is 24.4 Å². The predicted octanol–water partition coefficient (Wildman–Crippen LogP) is 2.53. The van der Waals surface area contributed by atoms with Crippen molar-refractivity contribution in [2.24, 2.45) is 0 Å². The molecule has 18 heavy (non-hydrogen) atoms. The van der Waals surface area contributed by atoms with Gasteiger partial charge in [-0.3, -0.25) is 0 Å². The summed E-state index contributed by atoms with van der Waals surface area (Å²) in [5.74, 6) is 0.0242. The molecular weight excluding hydrogens is 252 g/mol. The van der Waals surface area contributed by atoms with Gasteiger partial charge in [-0.25, -0.2) is 4.79 Å². The van der Waals surface area contributed by atoms with E-state index in [1.165, 1.54) is 0 Å². The third kappa shape index (κ3) is 6.05. The van der Waals surface area contributed by atoms with Gasteiger partial charge in [0.05, 0.1) is 18.8 Å². The lowest BCUT2D eigenvalue weighted by Crippen LogP contribution is -2.03. The van der Waals surface area contributed by atoms with Gasteiger partial charge in [0.25, 0.3) is 0 Å². The minimum atomic E-state index is -0.889. The topological polar surface area (TPSA) is 55.8 Å². The van der Waals surface area contributed by atoms with Crippen molar-refractivity contribution >= 4 is 17.7 Å². The highest BCUT2D eigenvalue weighted by molar-refractivity contribution is 7.99. The number of hydrogen-bond donors (Lipinski definition) is 1. The zero-order valence-corrected chi connectivity index (χ0v) is 11.2. The predicted molar refractivity (Wildman–Crippen MR) is 71.4 cm³/mol. The molecule has 0 aliphatic carbocycles. The normalized spacial score (nSPS) is 10.5. The SMILES string of the molecule is COCCOCCCSc1cccc(C(=O)O)c1. The van der Waals surface area contributed by atoms with E-state index in [0.29, 0.717) is 25.4 Å². The molecule has 1 aromatic rings. The molecule has 100 valence electrons. The molecule has 5 heteroatoms. The Morgan fingerprint density at radius 1 is 1.33 bits per heavy atom. The average molecular weight is 270 g/mol. The number of thioether (sulfide) groups is 1. The molecule has 0 fully saturated rings. The molecule has 0 saturated heterocycles. The number of benzene rings is 1. The number of aromatic carboxylic acids is 1. The second kappa shape index (κ2) is 8.97. The van der Waals surface area contributed by atoms with E-state index in [1.807, 2.05) is 6.07 Å². The lowest BCUT2D eigenvalue weighted by Gasteiger charge is -2.04. The fourth-order valence-electron chi connectivity index (χ4n) is 1.31. The van der Waals surface area contributed by atoms with Crippen LogP contribution in [-0.4, -0.2) is 43.8 Å². The third-order valence-corrected chi connectivity index (χ3v) is 3.29. The summed E-state index contributed by atoms with van der Waals surface area (Å²) in [5.41, 5.74) is 0.330. The van der Waals surface area contributed by atoms with E-state index in [4.69, 9.17) is 14.6 Å². The van der Waals surface area contributed by atoms with E-state index >= 15 is 0 Å². The number of hydrogen-bond acceptors (Lipinski definition) is 4. The van der Waals surface area contributed by atoms with Crippen molar-refractivity contribution in [1.29, 1.82) is 0 Å². The first-order valence-corrected chi connectivity index (χ1v) is 6.75. The molecule has 0 unspecified atom stereocenters. The second-order valence-electron chi connectivity index (χ2n) is 3.64. The molecular formula is C13H18O4S. The molecule has 4 nitrogen and oxygen atoms in total. The van der Waals surface area contributed by atoms with E-state index in [-0.39, 0.29) is 0 Å². The summed E-state index contributed by atoms with van der Waals surface area (Å²) in [6, 6.07) is 6.97. The monoisotopic (exact) mass is 270 g/mol. The molecule has 0 amide bonds. The van der Waals surface area contributed by atoms with Crippen molar-refractivity contribution < 1.29 is 19.4 Å². The fourth-order valence-corrected chi connectivity index (χ4v) is 2.20. The summed E-state index contributed by atoms with van der Waals surface area (Å²) in [6.07, 6.45) is 0.936. The minimum absolute atomic E-state index is 0.330. The van der Waals surface area contributed by atoms with Gasteiger partial charge in [0.15, 0.2) is 0 Å². The van der Waals surface area contributed by atoms with Crippen molar-refractivity contribution in [3.63, 3.8) is 0 Å². The molecule has 1 N–H and O–H groups in total. The Morgan fingerprint density at radius 2 is 2.17 bits per heavy atom. The number of methoxy groups -OCH3 is 1. The van der Waals surface area contributed by atoms with Crippen LogP contribution < -0.4 is 0 Å². The van der Waals surface area contributed by atoms with Crippen molar-refractivity contribution in [2.75, 3.05) is 32.7 Å². The lowest BCUT2D eigenvalue weighted by atomic mass is 10.2. The zero-order chi connectivity index (χ0) is 13.2. The van der Waals surface area contributed by atoms with Gasteiger partial charge < -0.3 is 14.6 Å². The van der Waals surface area contributed by atoms with Crippen LogP contribution in [0.15, 0.2) is 29.2 Å². The Hall–Kier alpha value is -1.04. The molecule has 0 bridgehead atoms. The first-order valence-electron chi connectivity index (χ1n) is 5.77. The quantitative estimate of drug-likeness (QED) is 0.552. The lowest BCUT2D eigenvalue weighted by molar-refractivity contribution is 0.0696. The maximum absolute atomic E-state index is 10.8. The Morgan fingerprint density at radius 3 is 2.89 bits per heavy atom. The molecule has 1 rings (SSSR count). The second-order valence-corrected chi connectivity index (χ2v) is 4.81. The summed E-state index contributed by atoms with van der Waals surface area (Å²) >= 11 is 1.64. The molecule has 0 atom stereocenters. The van der Waals surface area contributed by atoms with Crippen LogP contribution in [0.25, 0.3) is 0 Å². The summed E-state index contributed by atoms with van der Waals surface area (Å²) in [7, 11) is 1.65. The van der Waals surface area contributed by atoms with E-state index in [0.717, 1.165) is 17.1 Å². The van der Waals surface area contributed by atoms with E-state index < -0.39 is 5.97 Å². The van der Waals surface area contributed by atoms with Crippen LogP contribution >= 0.6 is 11.8 Å². The zero-order valence-electron chi connectivity index (χ0n) is 10.4. The molecule has 1 aromatic carbocycles. The first kappa shape index (κ1) is 15.0. The van der Waals surface area contributed by atoms with Crippen LogP contribution in [0.4, 0.5) is 0 Å². The van der Waals surface area contributed by atoms with Crippen LogP contribution in [0, 0.1) is 0 Å². The van der Waals surface area contributed by atoms with E-state index in [2.05, 4.69) is 0 Å². The summed E-state index contributed by atoms with van der Waals surface area (Å²) < 4.78 is 10.2. The highest BCUT2D eigenvalue weighted by Gasteiger charge is 2.03. The first-order chi connectivity index (χ1) is 8.74. The van der Waals surface area contributed by atoms with Crippen LogP contribution in [0.5, 0.6) is 0 Å². The number of rotatable bonds is 9. The van der Waals surface area contributed by atoms with Crippen LogP contribution in [0.3, 0.4) is 0 Å². The van der Waals surface area contributed by atoms with E-state index in [9.17, 15) is 4.79 Å². The average Bonchev–Trinajstić information content (AvgIpc) is 2.38. The van der Waals surface area contributed by atoms with Gasteiger partial charge in [-0.05, 0) is 24.6 Å². The molecule has 0 aliphatic rings. The summed E-state index contributed by atoms with van der Waals surface area (Å²) in [5, 5.41) is 8.86. The summed E-state index contributed by atoms with van der Waals surface area (Å²) in [4.78, 5) is 11.8. The number of carboxylic acid groups (broad SMARTS) is 1. The third-order valence-electron chi connectivity index (χ3n) is 2.21. The Kier molecular flexibility index (Phi) is 7.48. The smallest absolute Gasteiger partial charge is 0.335 e. The summed E-state index contributed by atoms with van der Waals surface area (Å²) in [6.45, 7) is 1.94. The van der Waals surface area contributed by atoms with Gasteiger partial charge in [-0.1, -0.05) is 6.07 Å². The highest BCUT2D eigenvalue weighted by atomic mass is 32.2. The van der Waals surface area contributed by atoms with Crippen molar-refractivity contribution in [1.82, 2.24) is 0 Å². The maximum atomic E-state index is 10.8. The Labute approximate surface area is 111 Å². The van der Waals surface area contributed by atoms with Crippen molar-refractivity contribution in [2.45, 2.75) is 11.3 Å². The Bertz CT molecular complexity index is 368. The van der Waals surface area contributed by atoms with Gasteiger partial charge in [0.1, 0.15) is 0 Å². The van der Waals surface area contributed by atoms with Crippen LogP contribution in [0.2, 0.25) is 0 Å². The number of carboxylic acids is 1. The standard InChI is InChI=1S/C13H18O4S/c1-16-7-8-17-6-3-9-18-12-5-2-4-11(10-12)13(14)15/h2,4-5,10H,3,6-9H2,1H3,(H,14,15). The van der Waals surface area contributed by atoms with Crippen LogP contribution in [-0.2, 0) is 9.47 Å². The molecule has 0 aromatic heterocycles. The van der Waals surface area contributed by atoms with Crippen molar-refractivity contribution in [3.05, 3.63) is 29.8 Å². The number of carbonyl (C=O) groups is 1. The van der Waals surface area contributed by atoms with Crippen LogP contribution in [0.1, 0.15) is 16.8 Å². The van der Waals surface area contributed by atoms with Gasteiger partial charge in [0.2, 0.25) is 0 Å².